The number of carbonyl (C=O) groups excluding carboxylic acids is 2. The minimum atomic E-state index is -4.82. The van der Waals surface area contributed by atoms with E-state index in [1.54, 1.807) is 6.07 Å². The molecule has 0 fully saturated rings. The van der Waals surface area contributed by atoms with Crippen molar-refractivity contribution in [3.8, 4) is 0 Å². The third-order valence-electron chi connectivity index (χ3n) is 4.60. The maximum atomic E-state index is 12.9. The summed E-state index contributed by atoms with van der Waals surface area (Å²) in [7, 11) is 14.0. The summed E-state index contributed by atoms with van der Waals surface area (Å²) in [5, 5.41) is 0. The first-order chi connectivity index (χ1) is 14.4. The SMILES string of the molecule is [B]C([B])(c1ccccc1)S(=O)(=O)OC1=C(N)O[C@]([B])(c2ccc(C(=O)OC)cc2)C1=O. The van der Waals surface area contributed by atoms with Gasteiger partial charge in [-0.05, 0) is 23.3 Å². The number of hydrogen-bond acceptors (Lipinski definition) is 8. The van der Waals surface area contributed by atoms with Crippen LogP contribution in [-0.2, 0) is 38.6 Å². The number of rotatable bonds is 6. The number of ether oxygens (including phenoxy) is 2. The van der Waals surface area contributed by atoms with Crippen molar-refractivity contribution < 1.29 is 31.7 Å². The largest absolute Gasteiger partial charge is 0.467 e. The molecule has 1 aliphatic heterocycles. The number of benzene rings is 2. The molecule has 1 heterocycles. The smallest absolute Gasteiger partial charge is 0.337 e. The third-order valence-corrected chi connectivity index (χ3v) is 6.05. The zero-order chi connectivity index (χ0) is 23.0. The van der Waals surface area contributed by atoms with E-state index in [2.05, 4.69) is 4.74 Å². The van der Waals surface area contributed by atoms with Crippen LogP contribution in [0.5, 0.6) is 0 Å². The Hall–Kier alpha value is -3.14. The highest BCUT2D eigenvalue weighted by Gasteiger charge is 2.50. The molecule has 2 N–H and O–H groups in total. The average molecular weight is 433 g/mol. The molecule has 0 aliphatic carbocycles. The predicted molar refractivity (Wildman–Crippen MR) is 112 cm³/mol. The van der Waals surface area contributed by atoms with Gasteiger partial charge in [-0.25, -0.2) is 4.79 Å². The van der Waals surface area contributed by atoms with Gasteiger partial charge in [0.2, 0.25) is 17.4 Å². The lowest BCUT2D eigenvalue weighted by Gasteiger charge is -2.26. The molecule has 0 amide bonds. The first kappa shape index (κ1) is 22.5. The van der Waals surface area contributed by atoms with Crippen LogP contribution in [0.3, 0.4) is 0 Å². The quantitative estimate of drug-likeness (QED) is 0.385. The second-order valence-corrected chi connectivity index (χ2v) is 8.38. The molecule has 2 aromatic carbocycles. The van der Waals surface area contributed by atoms with Gasteiger partial charge in [0, 0.05) is 0 Å². The Labute approximate surface area is 183 Å². The fourth-order valence-electron chi connectivity index (χ4n) is 2.81. The summed E-state index contributed by atoms with van der Waals surface area (Å²) < 4.78 is 37.7. The van der Waals surface area contributed by atoms with E-state index in [9.17, 15) is 18.0 Å². The Kier molecular flexibility index (Phi) is 5.71. The fourth-order valence-corrected chi connectivity index (χ4v) is 3.75. The van der Waals surface area contributed by atoms with Crippen LogP contribution < -0.4 is 5.73 Å². The van der Waals surface area contributed by atoms with Gasteiger partial charge >= 0.3 is 16.1 Å². The molecule has 0 aromatic heterocycles. The molecule has 31 heavy (non-hydrogen) atoms. The Balaban J connectivity index is 1.90. The monoisotopic (exact) mass is 433 g/mol. The average Bonchev–Trinajstić information content (AvgIpc) is 2.97. The molecule has 152 valence electrons. The van der Waals surface area contributed by atoms with E-state index in [0.717, 1.165) is 0 Å². The number of carbonyl (C=O) groups is 2. The number of Topliss-reactive ketones (excluding diaryl/α,β-unsaturated/α-hetero) is 1. The van der Waals surface area contributed by atoms with Gasteiger partial charge in [0.1, 0.15) is 7.85 Å². The van der Waals surface area contributed by atoms with Crippen molar-refractivity contribution in [3.63, 3.8) is 0 Å². The van der Waals surface area contributed by atoms with E-state index in [0.29, 0.717) is 0 Å². The molecule has 8 nitrogen and oxygen atoms in total. The van der Waals surface area contributed by atoms with Gasteiger partial charge in [-0.3, -0.25) is 4.79 Å². The maximum Gasteiger partial charge on any atom is 0.337 e. The van der Waals surface area contributed by atoms with Crippen LogP contribution in [0.15, 0.2) is 66.2 Å². The topological polar surface area (TPSA) is 122 Å². The summed E-state index contributed by atoms with van der Waals surface area (Å²) >= 11 is 0. The van der Waals surface area contributed by atoms with Crippen molar-refractivity contribution in [2.24, 2.45) is 5.73 Å². The van der Waals surface area contributed by atoms with Gasteiger partial charge < -0.3 is 19.4 Å². The van der Waals surface area contributed by atoms with Crippen molar-refractivity contribution in [3.05, 3.63) is 82.9 Å². The van der Waals surface area contributed by atoms with Gasteiger partial charge in [-0.1, -0.05) is 42.5 Å². The van der Waals surface area contributed by atoms with E-state index in [-0.39, 0.29) is 16.7 Å². The minimum absolute atomic E-state index is 0.0120. The standard InChI is InChI=1S/C19H14B3NO7S/c1-28-17(25)11-7-9-12(10-8-11)18(20)15(24)14(16(23)29-18)30-31(26,27)19(21,22)13-5-3-2-4-6-13/h2-10H,23H2,1H3/t18-/m1/s1. The zero-order valence-corrected chi connectivity index (χ0v) is 17.1. The highest BCUT2D eigenvalue weighted by atomic mass is 32.2. The van der Waals surface area contributed by atoms with Crippen molar-refractivity contribution in [2.75, 3.05) is 7.11 Å². The van der Waals surface area contributed by atoms with E-state index in [1.165, 1.54) is 55.6 Å². The maximum absolute atomic E-state index is 12.9. The highest BCUT2D eigenvalue weighted by molar-refractivity contribution is 7.90. The second kappa shape index (κ2) is 7.84. The van der Waals surface area contributed by atoms with Crippen LogP contribution in [0.1, 0.15) is 21.5 Å². The van der Waals surface area contributed by atoms with Crippen LogP contribution in [0.25, 0.3) is 0 Å². The molecule has 0 saturated heterocycles. The third kappa shape index (κ3) is 3.83. The number of methoxy groups -OCH3 is 1. The molecule has 1 atom stereocenters. The lowest BCUT2D eigenvalue weighted by Crippen LogP contribution is -2.40. The Morgan fingerprint density at radius 3 is 2.23 bits per heavy atom. The Bertz CT molecular complexity index is 1160. The van der Waals surface area contributed by atoms with Crippen LogP contribution in [0, 0.1) is 0 Å². The second-order valence-electron chi connectivity index (χ2n) is 6.63. The summed E-state index contributed by atoms with van der Waals surface area (Å²) in [6.07, 6.45) is 0. The number of esters is 1. The van der Waals surface area contributed by atoms with E-state index in [4.69, 9.17) is 38.2 Å². The van der Waals surface area contributed by atoms with Gasteiger partial charge in [-0.15, -0.1) is 0 Å². The molecule has 3 rings (SSSR count). The lowest BCUT2D eigenvalue weighted by atomic mass is 9.65. The van der Waals surface area contributed by atoms with Crippen LogP contribution in [-0.4, -0.2) is 50.8 Å². The van der Waals surface area contributed by atoms with Crippen molar-refractivity contribution >= 4 is 45.4 Å². The first-order valence-electron chi connectivity index (χ1n) is 8.72. The van der Waals surface area contributed by atoms with Gasteiger partial charge in [-0.2, -0.15) is 8.42 Å². The molecule has 0 bridgehead atoms. The molecule has 0 saturated carbocycles. The van der Waals surface area contributed by atoms with Gasteiger partial charge in [0.25, 0.3) is 0 Å². The summed E-state index contributed by atoms with van der Waals surface area (Å²) in [5.41, 5.74) is 3.78. The Morgan fingerprint density at radius 2 is 1.68 bits per heavy atom. The summed E-state index contributed by atoms with van der Waals surface area (Å²) in [6.45, 7) is 0. The molecule has 0 spiro atoms. The van der Waals surface area contributed by atoms with Gasteiger partial charge in [0.15, 0.2) is 5.50 Å². The van der Waals surface area contributed by atoms with E-state index >= 15 is 0 Å². The lowest BCUT2D eigenvalue weighted by molar-refractivity contribution is -0.126. The molecule has 2 aromatic rings. The molecule has 1 aliphatic rings. The normalized spacial score (nSPS) is 19.1. The first-order valence-corrected chi connectivity index (χ1v) is 10.1. The number of ketones is 1. The molecule has 6 radical (unpaired) electrons. The predicted octanol–water partition coefficient (Wildman–Crippen LogP) is 0.0155. The highest BCUT2D eigenvalue weighted by Crippen LogP contribution is 2.38. The molecular formula is C19H14B3NO7S. The minimum Gasteiger partial charge on any atom is -0.467 e. The van der Waals surface area contributed by atoms with Crippen molar-refractivity contribution in [1.82, 2.24) is 0 Å². The summed E-state index contributed by atoms with van der Waals surface area (Å²) in [4.78, 5) is 24.5. The van der Waals surface area contributed by atoms with Crippen LogP contribution >= 0.6 is 0 Å². The number of nitrogens with two attached hydrogens (primary N) is 1. The molecule has 12 heteroatoms. The van der Waals surface area contributed by atoms with E-state index in [1.807, 2.05) is 0 Å². The summed E-state index contributed by atoms with van der Waals surface area (Å²) in [6, 6.07) is 12.8. The number of hydrogen-bond donors (Lipinski definition) is 1. The van der Waals surface area contributed by atoms with Crippen LogP contribution in [0.2, 0.25) is 0 Å². The van der Waals surface area contributed by atoms with Crippen molar-refractivity contribution in [1.29, 1.82) is 0 Å². The molecular weight excluding hydrogens is 419 g/mol. The molecule has 0 unspecified atom stereocenters. The fraction of sp³-hybridized carbons (Fsp3) is 0.158. The Morgan fingerprint density at radius 1 is 1.10 bits per heavy atom. The van der Waals surface area contributed by atoms with Crippen LogP contribution in [0.4, 0.5) is 0 Å². The van der Waals surface area contributed by atoms with Gasteiger partial charge in [0.05, 0.1) is 32.9 Å². The zero-order valence-electron chi connectivity index (χ0n) is 16.3. The summed E-state index contributed by atoms with van der Waals surface area (Å²) in [5.74, 6) is -3.22. The van der Waals surface area contributed by atoms with Crippen molar-refractivity contribution in [2.45, 2.75) is 10.0 Å². The van der Waals surface area contributed by atoms with E-state index < -0.39 is 43.6 Å².